The molecule has 0 amide bonds. The fourth-order valence-electron chi connectivity index (χ4n) is 2.75. The zero-order chi connectivity index (χ0) is 22.1. The van der Waals surface area contributed by atoms with Crippen molar-refractivity contribution in [1.82, 2.24) is 4.90 Å². The number of hydrogen-bond donors (Lipinski definition) is 1. The first-order valence-corrected chi connectivity index (χ1v) is 12.1. The van der Waals surface area contributed by atoms with Crippen LogP contribution in [0.4, 0.5) is 0 Å². The van der Waals surface area contributed by atoms with E-state index in [1.165, 1.54) is 56.3 Å². The summed E-state index contributed by atoms with van der Waals surface area (Å²) in [5.41, 5.74) is 0. The first-order valence-electron chi connectivity index (χ1n) is 9.68. The zero-order valence-electron chi connectivity index (χ0n) is 17.7. The van der Waals surface area contributed by atoms with Gasteiger partial charge in [0.1, 0.15) is 29.6 Å². The lowest BCUT2D eigenvalue weighted by Crippen LogP contribution is -2.34. The molecule has 1 aliphatic heterocycles. The Morgan fingerprint density at radius 1 is 1.17 bits per heavy atom. The van der Waals surface area contributed by atoms with E-state index in [9.17, 15) is 8.42 Å². The number of methoxy groups -OCH3 is 1. The third-order valence-electron chi connectivity index (χ3n) is 4.50. The Hall–Kier alpha value is -2.01. The molecule has 0 saturated heterocycles. The normalized spacial score (nSPS) is 15.3. The lowest BCUT2D eigenvalue weighted by atomic mass is 10.3. The van der Waals surface area contributed by atoms with Crippen LogP contribution in [0.3, 0.4) is 0 Å². The maximum Gasteiger partial charge on any atom is 0.298 e. The van der Waals surface area contributed by atoms with E-state index >= 15 is 0 Å². The highest BCUT2D eigenvalue weighted by atomic mass is 32.2. The van der Waals surface area contributed by atoms with Gasteiger partial charge in [-0.2, -0.15) is 8.42 Å². The van der Waals surface area contributed by atoms with E-state index in [1.54, 1.807) is 0 Å². The average molecular weight is 460 g/mol. The fraction of sp³-hybridized carbons (Fsp3) is 0.500. The maximum absolute atomic E-state index is 11.2. The van der Waals surface area contributed by atoms with Crippen LogP contribution in [0.2, 0.25) is 0 Å². The Bertz CT molecular complexity index is 889. The number of fused-ring (bicyclic) bond motifs is 1. The summed E-state index contributed by atoms with van der Waals surface area (Å²) in [5.74, 6) is 1.82. The van der Waals surface area contributed by atoms with Crippen molar-refractivity contribution in [3.05, 3.63) is 29.0 Å². The van der Waals surface area contributed by atoms with Crippen molar-refractivity contribution in [2.24, 2.45) is 0 Å². The molecule has 8 nitrogen and oxygen atoms in total. The lowest BCUT2D eigenvalue weighted by molar-refractivity contribution is 0.0545. The summed E-state index contributed by atoms with van der Waals surface area (Å²) in [5, 5.41) is 3.72. The van der Waals surface area contributed by atoms with Gasteiger partial charge >= 0.3 is 0 Å². The third kappa shape index (κ3) is 6.76. The topological polar surface area (TPSA) is 94.5 Å². The minimum absolute atomic E-state index is 0.00549. The second-order valence-corrected chi connectivity index (χ2v) is 8.50. The average Bonchev–Trinajstić information content (AvgIpc) is 3.21. The Labute approximate surface area is 182 Å². The van der Waals surface area contributed by atoms with Gasteiger partial charge < -0.3 is 23.8 Å². The summed E-state index contributed by atoms with van der Waals surface area (Å²) >= 11 is 1.49. The first-order chi connectivity index (χ1) is 14.3. The van der Waals surface area contributed by atoms with Gasteiger partial charge in [0.25, 0.3) is 10.1 Å². The molecule has 0 aliphatic carbocycles. The quantitative estimate of drug-likeness (QED) is 0.599. The number of hydrogen-bond acceptors (Lipinski definition) is 8. The monoisotopic (exact) mass is 459 g/mol. The van der Waals surface area contributed by atoms with E-state index in [4.69, 9.17) is 23.5 Å². The highest BCUT2D eigenvalue weighted by molar-refractivity contribution is 7.86. The van der Waals surface area contributed by atoms with Gasteiger partial charge in [-0.25, -0.2) is 0 Å². The summed E-state index contributed by atoms with van der Waals surface area (Å²) in [6.45, 7) is 10.7. The van der Waals surface area contributed by atoms with E-state index < -0.39 is 10.1 Å². The van der Waals surface area contributed by atoms with Crippen molar-refractivity contribution >= 4 is 21.5 Å². The smallest absolute Gasteiger partial charge is 0.298 e. The second-order valence-electron chi connectivity index (χ2n) is 6.37. The van der Waals surface area contributed by atoms with Crippen LogP contribution in [0.25, 0.3) is 0 Å². The largest absolute Gasteiger partial charge is 0.495 e. The van der Waals surface area contributed by atoms with Crippen LogP contribution in [0.5, 0.6) is 23.0 Å². The summed E-state index contributed by atoms with van der Waals surface area (Å²) in [4.78, 5) is 2.06. The van der Waals surface area contributed by atoms with Crippen molar-refractivity contribution in [1.29, 1.82) is 0 Å². The molecule has 0 spiro atoms. The first kappa shape index (κ1) is 24.3. The summed E-state index contributed by atoms with van der Waals surface area (Å²) in [7, 11) is -3.04. The molecule has 10 heteroatoms. The molecule has 0 saturated carbocycles. The molecule has 1 aliphatic rings. The van der Waals surface area contributed by atoms with Crippen LogP contribution in [0, 0.1) is 0 Å². The predicted octanol–water partition coefficient (Wildman–Crippen LogP) is 3.57. The minimum Gasteiger partial charge on any atom is -0.495 e. The van der Waals surface area contributed by atoms with Crippen LogP contribution in [-0.4, -0.2) is 63.9 Å². The number of rotatable bonds is 8. The van der Waals surface area contributed by atoms with Crippen LogP contribution < -0.4 is 18.9 Å². The third-order valence-corrected chi connectivity index (χ3v) is 6.10. The van der Waals surface area contributed by atoms with Crippen LogP contribution >= 0.6 is 11.3 Å². The standard InChI is InChI=1S/C14H14O7S2.C6H15N/c1-18-11-4-9(2-3-14(11)23(15,16)17)19-5-10-6-20-12-7-22-8-13(12)21-10;1-4-7(5-2)6-3/h2-4,7-8,10H,5-6H2,1H3,(H,15,16,17);4-6H2,1-3H3. The zero-order valence-corrected chi connectivity index (χ0v) is 19.3. The van der Waals surface area contributed by atoms with Gasteiger partial charge in [-0.15, -0.1) is 11.3 Å². The van der Waals surface area contributed by atoms with Gasteiger partial charge in [0.15, 0.2) is 17.6 Å². The van der Waals surface area contributed by atoms with Crippen molar-refractivity contribution in [3.8, 4) is 23.0 Å². The number of nitrogens with zero attached hydrogens (tertiary/aromatic N) is 1. The molecule has 1 atom stereocenters. The summed E-state index contributed by atoms with van der Waals surface area (Å²) in [6.07, 6.45) is -0.274. The fourth-order valence-corrected chi connectivity index (χ4v) is 4.06. The van der Waals surface area contributed by atoms with Crippen LogP contribution in [0.15, 0.2) is 33.9 Å². The molecule has 2 heterocycles. The predicted molar refractivity (Wildman–Crippen MR) is 116 cm³/mol. The van der Waals surface area contributed by atoms with Crippen LogP contribution in [-0.2, 0) is 10.1 Å². The number of benzene rings is 1. The highest BCUT2D eigenvalue weighted by Crippen LogP contribution is 2.35. The van der Waals surface area contributed by atoms with E-state index in [1.807, 2.05) is 10.8 Å². The van der Waals surface area contributed by atoms with E-state index in [0.717, 1.165) is 5.75 Å². The Kier molecular flexibility index (Phi) is 9.22. The SMILES string of the molecule is CCN(CC)CC.COc1cc(OCC2COc3cscc3O2)ccc1S(=O)(=O)O. The molecule has 0 radical (unpaired) electrons. The molecule has 1 aromatic carbocycles. The van der Waals surface area contributed by atoms with Gasteiger partial charge in [-0.05, 0) is 31.8 Å². The van der Waals surface area contributed by atoms with Crippen molar-refractivity contribution in [3.63, 3.8) is 0 Å². The van der Waals surface area contributed by atoms with Gasteiger partial charge in [0.05, 0.1) is 7.11 Å². The molecule has 0 bridgehead atoms. The van der Waals surface area contributed by atoms with Crippen molar-refractivity contribution in [2.45, 2.75) is 31.8 Å². The van der Waals surface area contributed by atoms with E-state index in [2.05, 4.69) is 25.7 Å². The molecule has 0 fully saturated rings. The second kappa shape index (κ2) is 11.4. The Balaban J connectivity index is 0.000000396. The van der Waals surface area contributed by atoms with Crippen molar-refractivity contribution in [2.75, 3.05) is 40.0 Å². The Morgan fingerprint density at radius 3 is 2.40 bits per heavy atom. The molecular formula is C20H29NO7S2. The molecule has 1 aromatic heterocycles. The molecule has 3 rings (SSSR count). The van der Waals surface area contributed by atoms with Gasteiger partial charge in [0.2, 0.25) is 0 Å². The van der Waals surface area contributed by atoms with Gasteiger partial charge in [-0.3, -0.25) is 4.55 Å². The molecule has 168 valence electrons. The van der Waals surface area contributed by atoms with Crippen LogP contribution in [0.1, 0.15) is 20.8 Å². The van der Waals surface area contributed by atoms with Gasteiger partial charge in [0, 0.05) is 16.8 Å². The summed E-state index contributed by atoms with van der Waals surface area (Å²) < 4.78 is 53.4. The van der Waals surface area contributed by atoms with E-state index in [0.29, 0.717) is 18.1 Å². The highest BCUT2D eigenvalue weighted by Gasteiger charge is 2.23. The summed E-state index contributed by atoms with van der Waals surface area (Å²) in [6, 6.07) is 4.05. The molecule has 1 unspecified atom stereocenters. The minimum atomic E-state index is -4.35. The number of thiophene rings is 1. The van der Waals surface area contributed by atoms with Gasteiger partial charge in [-0.1, -0.05) is 20.8 Å². The molecule has 2 aromatic rings. The number of ether oxygens (including phenoxy) is 4. The van der Waals surface area contributed by atoms with E-state index in [-0.39, 0.29) is 23.4 Å². The lowest BCUT2D eigenvalue weighted by Gasteiger charge is -2.24. The van der Waals surface area contributed by atoms with Crippen molar-refractivity contribution < 1.29 is 31.9 Å². The Morgan fingerprint density at radius 2 is 1.83 bits per heavy atom. The molecule has 30 heavy (non-hydrogen) atoms. The molecular weight excluding hydrogens is 430 g/mol. The molecule has 1 N–H and O–H groups in total. The maximum atomic E-state index is 11.2.